The Balaban J connectivity index is 3.15. The highest BCUT2D eigenvalue weighted by molar-refractivity contribution is 6.33. The minimum atomic E-state index is -0.500. The maximum atomic E-state index is 12.9. The van der Waals surface area contributed by atoms with E-state index in [4.69, 9.17) is 28.9 Å². The summed E-state index contributed by atoms with van der Waals surface area (Å²) in [7, 11) is 0. The van der Waals surface area contributed by atoms with Crippen molar-refractivity contribution in [2.75, 3.05) is 6.54 Å². The normalized spacial score (nSPS) is 13.0. The summed E-state index contributed by atoms with van der Waals surface area (Å²) < 4.78 is 12.9. The molecule has 0 spiro atoms. The molecule has 4 heteroatoms. The molecule has 1 unspecified atom stereocenters. The first-order valence-electron chi connectivity index (χ1n) is 3.90. The van der Waals surface area contributed by atoms with E-state index in [9.17, 15) is 4.39 Å². The molecule has 1 aromatic rings. The van der Waals surface area contributed by atoms with Gasteiger partial charge in [0.2, 0.25) is 0 Å². The van der Waals surface area contributed by atoms with Gasteiger partial charge in [-0.15, -0.1) is 0 Å². The molecule has 1 rings (SSSR count). The van der Waals surface area contributed by atoms with E-state index in [-0.39, 0.29) is 10.9 Å². The van der Waals surface area contributed by atoms with Crippen molar-refractivity contribution in [2.24, 2.45) is 5.73 Å². The molecule has 0 aromatic heterocycles. The monoisotopic (exact) mass is 221 g/mol. The van der Waals surface area contributed by atoms with E-state index < -0.39 is 5.82 Å². The molecule has 0 aliphatic rings. The number of rotatable bonds is 2. The molecular weight excluding hydrogens is 212 g/mol. The molecule has 1 atom stereocenters. The fourth-order valence-electron chi connectivity index (χ4n) is 1.04. The summed E-state index contributed by atoms with van der Waals surface area (Å²) >= 11 is 11.4. The Morgan fingerprint density at radius 3 is 2.54 bits per heavy atom. The van der Waals surface area contributed by atoms with Crippen LogP contribution in [0, 0.1) is 5.82 Å². The highest BCUT2D eigenvalue weighted by atomic mass is 35.5. The lowest BCUT2D eigenvalue weighted by atomic mass is 10.0. The molecule has 0 aliphatic carbocycles. The van der Waals surface area contributed by atoms with Gasteiger partial charge >= 0.3 is 0 Å². The molecule has 0 aliphatic heterocycles. The van der Waals surface area contributed by atoms with Gasteiger partial charge in [0.05, 0.1) is 5.02 Å². The molecule has 1 aromatic carbocycles. The van der Waals surface area contributed by atoms with E-state index in [2.05, 4.69) is 0 Å². The summed E-state index contributed by atoms with van der Waals surface area (Å²) in [5.74, 6) is -0.412. The SMILES string of the molecule is CC(CN)c1cc(Cl)c(F)cc1Cl. The molecule has 2 N–H and O–H groups in total. The smallest absolute Gasteiger partial charge is 0.143 e. The van der Waals surface area contributed by atoms with Crippen molar-refractivity contribution in [1.82, 2.24) is 0 Å². The van der Waals surface area contributed by atoms with E-state index >= 15 is 0 Å². The van der Waals surface area contributed by atoms with Gasteiger partial charge in [-0.05, 0) is 30.2 Å². The zero-order valence-corrected chi connectivity index (χ0v) is 8.66. The van der Waals surface area contributed by atoms with Gasteiger partial charge in [0.15, 0.2) is 0 Å². The van der Waals surface area contributed by atoms with E-state index in [1.807, 2.05) is 6.92 Å². The molecular formula is C9H10Cl2FN. The Morgan fingerprint density at radius 1 is 1.38 bits per heavy atom. The van der Waals surface area contributed by atoms with Crippen LogP contribution in [0.25, 0.3) is 0 Å². The molecule has 0 radical (unpaired) electrons. The maximum Gasteiger partial charge on any atom is 0.143 e. The van der Waals surface area contributed by atoms with Crippen LogP contribution in [0.3, 0.4) is 0 Å². The first kappa shape index (κ1) is 10.8. The first-order chi connectivity index (χ1) is 6.06. The third-order valence-corrected chi connectivity index (χ3v) is 2.54. The number of benzene rings is 1. The Labute approximate surface area is 86.6 Å². The van der Waals surface area contributed by atoms with Crippen LogP contribution in [-0.2, 0) is 0 Å². The molecule has 0 fully saturated rings. The van der Waals surface area contributed by atoms with Gasteiger partial charge in [-0.25, -0.2) is 4.39 Å². The second-order valence-corrected chi connectivity index (χ2v) is 3.74. The predicted octanol–water partition coefficient (Wildman–Crippen LogP) is 3.19. The van der Waals surface area contributed by atoms with Crippen molar-refractivity contribution < 1.29 is 4.39 Å². The minimum absolute atomic E-state index is 0.0831. The first-order valence-corrected chi connectivity index (χ1v) is 4.66. The summed E-state index contributed by atoms with van der Waals surface area (Å²) in [4.78, 5) is 0. The number of hydrogen-bond donors (Lipinski definition) is 1. The molecule has 0 saturated carbocycles. The van der Waals surface area contributed by atoms with Crippen LogP contribution in [0.4, 0.5) is 4.39 Å². The second-order valence-electron chi connectivity index (χ2n) is 2.92. The summed E-state index contributed by atoms with van der Waals surface area (Å²) in [6.45, 7) is 2.37. The van der Waals surface area contributed by atoms with Gasteiger partial charge in [-0.3, -0.25) is 0 Å². The average molecular weight is 222 g/mol. The van der Waals surface area contributed by atoms with Crippen LogP contribution in [0.2, 0.25) is 10.0 Å². The third-order valence-electron chi connectivity index (χ3n) is 1.92. The lowest BCUT2D eigenvalue weighted by Gasteiger charge is -2.11. The Bertz CT molecular complexity index is 315. The van der Waals surface area contributed by atoms with Crippen molar-refractivity contribution in [3.8, 4) is 0 Å². The Kier molecular flexibility index (Phi) is 3.54. The molecule has 0 amide bonds. The summed E-state index contributed by atoms with van der Waals surface area (Å²) in [6.07, 6.45) is 0. The zero-order valence-electron chi connectivity index (χ0n) is 7.15. The van der Waals surface area contributed by atoms with Gasteiger partial charge in [0, 0.05) is 5.02 Å². The van der Waals surface area contributed by atoms with Crippen LogP contribution in [0.5, 0.6) is 0 Å². The van der Waals surface area contributed by atoms with Crippen molar-refractivity contribution in [2.45, 2.75) is 12.8 Å². The van der Waals surface area contributed by atoms with Crippen molar-refractivity contribution in [3.63, 3.8) is 0 Å². The molecule has 0 heterocycles. The minimum Gasteiger partial charge on any atom is -0.330 e. The Hall–Kier alpha value is -0.310. The summed E-state index contributed by atoms with van der Waals surface area (Å²) in [5, 5.41) is 0.458. The van der Waals surface area contributed by atoms with Gasteiger partial charge in [-0.1, -0.05) is 30.1 Å². The van der Waals surface area contributed by atoms with E-state index in [1.165, 1.54) is 12.1 Å². The summed E-state index contributed by atoms with van der Waals surface area (Å²) in [5.41, 5.74) is 6.25. The molecule has 0 saturated heterocycles. The highest BCUT2D eigenvalue weighted by Gasteiger charge is 2.11. The predicted molar refractivity (Wildman–Crippen MR) is 53.9 cm³/mol. The topological polar surface area (TPSA) is 26.0 Å². The fraction of sp³-hybridized carbons (Fsp3) is 0.333. The lowest BCUT2D eigenvalue weighted by molar-refractivity contribution is 0.626. The second kappa shape index (κ2) is 4.27. The van der Waals surface area contributed by atoms with E-state index in [0.717, 1.165) is 5.56 Å². The molecule has 72 valence electrons. The highest BCUT2D eigenvalue weighted by Crippen LogP contribution is 2.29. The largest absolute Gasteiger partial charge is 0.330 e. The van der Waals surface area contributed by atoms with Crippen LogP contribution in [-0.4, -0.2) is 6.54 Å². The zero-order chi connectivity index (χ0) is 10.0. The Morgan fingerprint density at radius 2 is 2.00 bits per heavy atom. The van der Waals surface area contributed by atoms with Gasteiger partial charge in [0.25, 0.3) is 0 Å². The third kappa shape index (κ3) is 2.33. The van der Waals surface area contributed by atoms with Crippen LogP contribution in [0.15, 0.2) is 12.1 Å². The van der Waals surface area contributed by atoms with Crippen LogP contribution >= 0.6 is 23.2 Å². The molecule has 1 nitrogen and oxygen atoms in total. The van der Waals surface area contributed by atoms with Crippen LogP contribution in [0.1, 0.15) is 18.4 Å². The van der Waals surface area contributed by atoms with Gasteiger partial charge in [0.1, 0.15) is 5.82 Å². The van der Waals surface area contributed by atoms with Crippen molar-refractivity contribution in [1.29, 1.82) is 0 Å². The number of hydrogen-bond acceptors (Lipinski definition) is 1. The number of halogens is 3. The quantitative estimate of drug-likeness (QED) is 0.764. The van der Waals surface area contributed by atoms with E-state index in [0.29, 0.717) is 11.6 Å². The average Bonchev–Trinajstić information content (AvgIpc) is 2.10. The maximum absolute atomic E-state index is 12.9. The number of nitrogens with two attached hydrogens (primary N) is 1. The fourth-order valence-corrected chi connectivity index (χ4v) is 1.55. The van der Waals surface area contributed by atoms with Crippen LogP contribution < -0.4 is 5.73 Å². The molecule has 13 heavy (non-hydrogen) atoms. The van der Waals surface area contributed by atoms with E-state index in [1.54, 1.807) is 0 Å². The van der Waals surface area contributed by atoms with Gasteiger partial charge < -0.3 is 5.73 Å². The van der Waals surface area contributed by atoms with Gasteiger partial charge in [-0.2, -0.15) is 0 Å². The van der Waals surface area contributed by atoms with Crippen molar-refractivity contribution >= 4 is 23.2 Å². The summed E-state index contributed by atoms with van der Waals surface area (Å²) in [6, 6.07) is 2.74. The standard InChI is InChI=1S/C9H10Cl2FN/c1-5(4-13)6-2-8(11)9(12)3-7(6)10/h2-3,5H,4,13H2,1H3. The van der Waals surface area contributed by atoms with Crippen molar-refractivity contribution in [3.05, 3.63) is 33.6 Å². The molecule has 0 bridgehead atoms. The lowest BCUT2D eigenvalue weighted by Crippen LogP contribution is -2.09.